The molecule has 1 aliphatic carbocycles. The third-order valence-electron chi connectivity index (χ3n) is 3.68. The second-order valence-corrected chi connectivity index (χ2v) is 5.95. The third kappa shape index (κ3) is 2.99. The Morgan fingerprint density at radius 2 is 2.18 bits per heavy atom. The van der Waals surface area contributed by atoms with Crippen LogP contribution in [0.5, 0.6) is 0 Å². The molecule has 4 heteroatoms. The Hall–Kier alpha value is -0.610. The first-order valence-electron chi connectivity index (χ1n) is 6.12. The smallest absolute Gasteiger partial charge is 0.128 e. The summed E-state index contributed by atoms with van der Waals surface area (Å²) in [7, 11) is 0. The molecular formula is C13H19BrN2O. The summed E-state index contributed by atoms with van der Waals surface area (Å²) in [4.78, 5) is 4.36. The van der Waals surface area contributed by atoms with Gasteiger partial charge in [-0.2, -0.15) is 0 Å². The third-order valence-corrected chi connectivity index (χ3v) is 4.11. The molecule has 0 spiro atoms. The molecule has 3 nitrogen and oxygen atoms in total. The normalized spacial score (nSPS) is 18.3. The second kappa shape index (κ2) is 5.36. The molecule has 1 heterocycles. The fourth-order valence-electron chi connectivity index (χ4n) is 2.51. The molecular weight excluding hydrogens is 280 g/mol. The number of aliphatic hydroxyl groups excluding tert-OH is 1. The van der Waals surface area contributed by atoms with Crippen LogP contribution in [0.2, 0.25) is 0 Å². The number of aromatic nitrogens is 1. The minimum atomic E-state index is 0.0706. The quantitative estimate of drug-likeness (QED) is 0.898. The van der Waals surface area contributed by atoms with E-state index < -0.39 is 0 Å². The standard InChI is InChI=1S/C13H19BrN2O/c1-10-6-11(14)7-15-12(10)16-8-13(9-17)4-2-3-5-13/h6-7,17H,2-5,8-9H2,1H3,(H,15,16). The Labute approximate surface area is 111 Å². The Bertz CT molecular complexity index is 389. The molecule has 1 saturated carbocycles. The van der Waals surface area contributed by atoms with Crippen LogP contribution in [0.25, 0.3) is 0 Å². The predicted molar refractivity (Wildman–Crippen MR) is 73.2 cm³/mol. The van der Waals surface area contributed by atoms with Crippen LogP contribution in [-0.4, -0.2) is 23.2 Å². The molecule has 17 heavy (non-hydrogen) atoms. The van der Waals surface area contributed by atoms with Gasteiger partial charge in [-0.05, 0) is 47.3 Å². The zero-order valence-electron chi connectivity index (χ0n) is 10.2. The van der Waals surface area contributed by atoms with Crippen molar-refractivity contribution in [3.05, 3.63) is 22.3 Å². The van der Waals surface area contributed by atoms with E-state index in [-0.39, 0.29) is 12.0 Å². The summed E-state index contributed by atoms with van der Waals surface area (Å²) in [5.74, 6) is 0.924. The van der Waals surface area contributed by atoms with Gasteiger partial charge in [0, 0.05) is 22.6 Å². The summed E-state index contributed by atoms with van der Waals surface area (Å²) in [5.41, 5.74) is 1.20. The van der Waals surface area contributed by atoms with Gasteiger partial charge in [-0.3, -0.25) is 0 Å². The first-order valence-corrected chi connectivity index (χ1v) is 6.91. The molecule has 0 saturated heterocycles. The van der Waals surface area contributed by atoms with Crippen molar-refractivity contribution in [2.24, 2.45) is 5.41 Å². The topological polar surface area (TPSA) is 45.2 Å². The maximum absolute atomic E-state index is 9.54. The van der Waals surface area contributed by atoms with Gasteiger partial charge in [-0.1, -0.05) is 12.8 Å². The minimum absolute atomic E-state index is 0.0706. The van der Waals surface area contributed by atoms with Gasteiger partial charge < -0.3 is 10.4 Å². The van der Waals surface area contributed by atoms with Gasteiger partial charge in [-0.25, -0.2) is 4.98 Å². The molecule has 1 aromatic rings. The summed E-state index contributed by atoms with van der Waals surface area (Å²) >= 11 is 3.41. The summed E-state index contributed by atoms with van der Waals surface area (Å²) in [6.07, 6.45) is 6.50. The summed E-state index contributed by atoms with van der Waals surface area (Å²) < 4.78 is 0.998. The van der Waals surface area contributed by atoms with E-state index in [2.05, 4.69) is 32.3 Å². The van der Waals surface area contributed by atoms with Crippen molar-refractivity contribution in [3.63, 3.8) is 0 Å². The van der Waals surface area contributed by atoms with E-state index in [1.165, 1.54) is 12.8 Å². The Balaban J connectivity index is 2.01. The Morgan fingerprint density at radius 1 is 1.47 bits per heavy atom. The zero-order valence-corrected chi connectivity index (χ0v) is 11.8. The highest BCUT2D eigenvalue weighted by atomic mass is 79.9. The zero-order chi connectivity index (χ0) is 12.3. The van der Waals surface area contributed by atoms with Crippen molar-refractivity contribution in [2.75, 3.05) is 18.5 Å². The number of hydrogen-bond donors (Lipinski definition) is 2. The van der Waals surface area contributed by atoms with Gasteiger partial charge in [-0.15, -0.1) is 0 Å². The molecule has 0 aromatic carbocycles. The van der Waals surface area contributed by atoms with E-state index in [0.29, 0.717) is 0 Å². The van der Waals surface area contributed by atoms with Crippen LogP contribution in [0.3, 0.4) is 0 Å². The number of pyridine rings is 1. The highest BCUT2D eigenvalue weighted by Gasteiger charge is 2.33. The summed E-state index contributed by atoms with van der Waals surface area (Å²) in [5, 5.41) is 12.9. The molecule has 2 rings (SSSR count). The van der Waals surface area contributed by atoms with E-state index >= 15 is 0 Å². The van der Waals surface area contributed by atoms with Gasteiger partial charge in [0.1, 0.15) is 5.82 Å². The first-order chi connectivity index (χ1) is 8.15. The lowest BCUT2D eigenvalue weighted by Gasteiger charge is -2.27. The average molecular weight is 299 g/mol. The van der Waals surface area contributed by atoms with E-state index in [0.717, 1.165) is 35.2 Å². The number of anilines is 1. The maximum Gasteiger partial charge on any atom is 0.128 e. The van der Waals surface area contributed by atoms with Gasteiger partial charge in [0.05, 0.1) is 6.61 Å². The van der Waals surface area contributed by atoms with E-state index in [9.17, 15) is 5.11 Å². The lowest BCUT2D eigenvalue weighted by atomic mass is 9.87. The average Bonchev–Trinajstić information content (AvgIpc) is 2.77. The fourth-order valence-corrected chi connectivity index (χ4v) is 2.96. The van der Waals surface area contributed by atoms with Gasteiger partial charge in [0.25, 0.3) is 0 Å². The van der Waals surface area contributed by atoms with Crippen LogP contribution >= 0.6 is 15.9 Å². The SMILES string of the molecule is Cc1cc(Br)cnc1NCC1(CO)CCCC1. The highest BCUT2D eigenvalue weighted by Crippen LogP contribution is 2.37. The van der Waals surface area contributed by atoms with Crippen molar-refractivity contribution < 1.29 is 5.11 Å². The molecule has 1 aliphatic rings. The summed E-state index contributed by atoms with van der Waals surface area (Å²) in [6.45, 7) is 3.13. The maximum atomic E-state index is 9.54. The number of aryl methyl sites for hydroxylation is 1. The molecule has 1 fully saturated rings. The number of aliphatic hydroxyl groups is 1. The number of hydrogen-bond acceptors (Lipinski definition) is 3. The van der Waals surface area contributed by atoms with Crippen molar-refractivity contribution in [1.29, 1.82) is 0 Å². The second-order valence-electron chi connectivity index (χ2n) is 5.04. The molecule has 0 aliphatic heterocycles. The van der Waals surface area contributed by atoms with Crippen LogP contribution in [0.1, 0.15) is 31.2 Å². The molecule has 94 valence electrons. The lowest BCUT2D eigenvalue weighted by Crippen LogP contribution is -2.30. The van der Waals surface area contributed by atoms with Crippen molar-refractivity contribution in [3.8, 4) is 0 Å². The van der Waals surface area contributed by atoms with Crippen LogP contribution in [0.15, 0.2) is 16.7 Å². The predicted octanol–water partition coefficient (Wildman–Crippen LogP) is 3.12. The Morgan fingerprint density at radius 3 is 2.76 bits per heavy atom. The highest BCUT2D eigenvalue weighted by molar-refractivity contribution is 9.10. The van der Waals surface area contributed by atoms with Crippen LogP contribution < -0.4 is 5.32 Å². The number of nitrogens with one attached hydrogen (secondary N) is 1. The van der Waals surface area contributed by atoms with E-state index in [4.69, 9.17) is 0 Å². The monoisotopic (exact) mass is 298 g/mol. The van der Waals surface area contributed by atoms with E-state index in [1.807, 2.05) is 6.92 Å². The Kier molecular flexibility index (Phi) is 4.05. The molecule has 0 amide bonds. The van der Waals surface area contributed by atoms with Crippen LogP contribution in [0, 0.1) is 12.3 Å². The van der Waals surface area contributed by atoms with E-state index in [1.54, 1.807) is 6.20 Å². The largest absolute Gasteiger partial charge is 0.396 e. The van der Waals surface area contributed by atoms with Crippen molar-refractivity contribution in [2.45, 2.75) is 32.6 Å². The first kappa shape index (κ1) is 12.8. The van der Waals surface area contributed by atoms with Gasteiger partial charge in [0.2, 0.25) is 0 Å². The number of rotatable bonds is 4. The molecule has 0 atom stereocenters. The summed E-state index contributed by atoms with van der Waals surface area (Å²) in [6, 6.07) is 2.05. The van der Waals surface area contributed by atoms with Gasteiger partial charge >= 0.3 is 0 Å². The fraction of sp³-hybridized carbons (Fsp3) is 0.615. The number of halogens is 1. The van der Waals surface area contributed by atoms with Crippen molar-refractivity contribution in [1.82, 2.24) is 4.98 Å². The minimum Gasteiger partial charge on any atom is -0.396 e. The van der Waals surface area contributed by atoms with Gasteiger partial charge in [0.15, 0.2) is 0 Å². The van der Waals surface area contributed by atoms with Crippen molar-refractivity contribution >= 4 is 21.7 Å². The molecule has 2 N–H and O–H groups in total. The lowest BCUT2D eigenvalue weighted by molar-refractivity contribution is 0.142. The molecule has 1 aromatic heterocycles. The van der Waals surface area contributed by atoms with Crippen LogP contribution in [0.4, 0.5) is 5.82 Å². The molecule has 0 bridgehead atoms. The molecule has 0 radical (unpaired) electrons. The molecule has 0 unspecified atom stereocenters. The van der Waals surface area contributed by atoms with Crippen LogP contribution in [-0.2, 0) is 0 Å². The number of nitrogens with zero attached hydrogens (tertiary/aromatic N) is 1.